The van der Waals surface area contributed by atoms with Crippen molar-refractivity contribution in [3.63, 3.8) is 0 Å². The fourth-order valence-corrected chi connectivity index (χ4v) is 2.81. The van der Waals surface area contributed by atoms with Gasteiger partial charge in [-0.25, -0.2) is 0 Å². The summed E-state index contributed by atoms with van der Waals surface area (Å²) >= 11 is 4.75. The molecule has 4 N–H and O–H groups in total. The average molecular weight is 365 g/mol. The highest BCUT2D eigenvalue weighted by molar-refractivity contribution is 9.10. The van der Waals surface area contributed by atoms with Crippen LogP contribution in [0.5, 0.6) is 5.75 Å². The molecule has 0 aliphatic heterocycles. The zero-order chi connectivity index (χ0) is 15.2. The van der Waals surface area contributed by atoms with Crippen molar-refractivity contribution in [2.24, 2.45) is 5.73 Å². The summed E-state index contributed by atoms with van der Waals surface area (Å²) in [7, 11) is 0. The molecule has 0 aliphatic carbocycles. The maximum Gasteiger partial charge on any atom is 0.255 e. The fraction of sp³-hybridized carbons (Fsp3) is 0.133. The number of benzene rings is 1. The summed E-state index contributed by atoms with van der Waals surface area (Å²) in [4.78, 5) is 13.0. The number of aromatic hydroxyl groups is 1. The number of carbonyl (C=O) groups excluding carboxylic acids is 1. The number of amides is 1. The molecule has 1 aromatic carbocycles. The molecule has 0 saturated carbocycles. The molecule has 0 unspecified atom stereocenters. The molecule has 108 valence electrons. The molecule has 1 aromatic heterocycles. The minimum Gasteiger partial charge on any atom is -0.507 e. The lowest BCUT2D eigenvalue weighted by Gasteiger charge is -2.06. The number of hydrogen-bond donors (Lipinski definition) is 3. The first-order chi connectivity index (χ1) is 10.1. The lowest BCUT2D eigenvalue weighted by molar-refractivity contribution is 0.0948. The van der Waals surface area contributed by atoms with Crippen LogP contribution in [0.2, 0.25) is 0 Å². The minimum absolute atomic E-state index is 0.0591. The van der Waals surface area contributed by atoms with Crippen LogP contribution >= 0.6 is 27.3 Å². The van der Waals surface area contributed by atoms with Gasteiger partial charge in [0.25, 0.3) is 5.91 Å². The summed E-state index contributed by atoms with van der Waals surface area (Å²) in [6.07, 6.45) is 0. The van der Waals surface area contributed by atoms with Crippen LogP contribution < -0.4 is 11.1 Å². The molecule has 2 rings (SSSR count). The van der Waals surface area contributed by atoms with E-state index in [1.807, 2.05) is 11.4 Å². The molecule has 2 aromatic rings. The van der Waals surface area contributed by atoms with Crippen molar-refractivity contribution in [2.75, 3.05) is 6.54 Å². The van der Waals surface area contributed by atoms with Gasteiger partial charge in [0.05, 0.1) is 18.7 Å². The van der Waals surface area contributed by atoms with Crippen LogP contribution in [0.3, 0.4) is 0 Å². The molecule has 0 spiro atoms. The van der Waals surface area contributed by atoms with Crippen LogP contribution in [0.1, 0.15) is 20.8 Å². The van der Waals surface area contributed by atoms with Crippen LogP contribution in [0, 0.1) is 11.8 Å². The van der Waals surface area contributed by atoms with Crippen molar-refractivity contribution in [3.8, 4) is 17.6 Å². The van der Waals surface area contributed by atoms with E-state index in [4.69, 9.17) is 5.73 Å². The number of nitrogens with one attached hydrogen (secondary N) is 1. The third kappa shape index (κ3) is 4.08. The SMILES string of the molecule is NCC#Cc1ccsc1CNC(=O)c1ccc(Br)cc1O. The first-order valence-electron chi connectivity index (χ1n) is 6.14. The lowest BCUT2D eigenvalue weighted by Crippen LogP contribution is -2.22. The Morgan fingerprint density at radius 2 is 2.24 bits per heavy atom. The van der Waals surface area contributed by atoms with Gasteiger partial charge in [-0.05, 0) is 29.6 Å². The molecule has 21 heavy (non-hydrogen) atoms. The maximum absolute atomic E-state index is 12.1. The number of phenolic OH excluding ortho intramolecular Hbond substituents is 1. The van der Waals surface area contributed by atoms with E-state index in [0.29, 0.717) is 17.6 Å². The zero-order valence-corrected chi connectivity index (χ0v) is 13.4. The third-order valence-corrected chi connectivity index (χ3v) is 4.10. The fourth-order valence-electron chi connectivity index (χ4n) is 1.69. The van der Waals surface area contributed by atoms with Crippen LogP contribution in [0.4, 0.5) is 0 Å². The van der Waals surface area contributed by atoms with Crippen LogP contribution in [-0.4, -0.2) is 17.6 Å². The summed E-state index contributed by atoms with van der Waals surface area (Å²) in [5, 5.41) is 14.5. The average Bonchev–Trinajstić information content (AvgIpc) is 2.90. The largest absolute Gasteiger partial charge is 0.507 e. The van der Waals surface area contributed by atoms with Gasteiger partial charge in [-0.2, -0.15) is 0 Å². The second kappa shape index (κ2) is 7.27. The van der Waals surface area contributed by atoms with Gasteiger partial charge in [0, 0.05) is 14.9 Å². The predicted molar refractivity (Wildman–Crippen MR) is 87.2 cm³/mol. The van der Waals surface area contributed by atoms with Crippen molar-refractivity contribution < 1.29 is 9.90 Å². The van der Waals surface area contributed by atoms with Gasteiger partial charge in [0.1, 0.15) is 5.75 Å². The summed E-state index contributed by atoms with van der Waals surface area (Å²) in [5.74, 6) is 5.37. The Balaban J connectivity index is 2.06. The van der Waals surface area contributed by atoms with Gasteiger partial charge in [-0.15, -0.1) is 11.3 Å². The molecule has 0 fully saturated rings. The lowest BCUT2D eigenvalue weighted by atomic mass is 10.2. The van der Waals surface area contributed by atoms with Crippen molar-refractivity contribution >= 4 is 33.2 Å². The summed E-state index contributed by atoms with van der Waals surface area (Å²) < 4.78 is 0.717. The highest BCUT2D eigenvalue weighted by Gasteiger charge is 2.12. The summed E-state index contributed by atoms with van der Waals surface area (Å²) in [5.41, 5.74) is 6.46. The number of hydrogen-bond acceptors (Lipinski definition) is 4. The quantitative estimate of drug-likeness (QED) is 0.732. The van der Waals surface area contributed by atoms with E-state index in [2.05, 4.69) is 33.1 Å². The Morgan fingerprint density at radius 3 is 2.95 bits per heavy atom. The second-order valence-electron chi connectivity index (χ2n) is 4.11. The molecule has 0 atom stereocenters. The first kappa shape index (κ1) is 15.6. The number of thiophene rings is 1. The Kier molecular flexibility index (Phi) is 5.39. The molecule has 0 aliphatic rings. The predicted octanol–water partition coefficient (Wildman–Crippen LogP) is 2.46. The van der Waals surface area contributed by atoms with Crippen molar-refractivity contribution in [1.29, 1.82) is 0 Å². The normalized spacial score (nSPS) is 9.81. The molecule has 4 nitrogen and oxygen atoms in total. The standard InChI is InChI=1S/C15H13BrN2O2S/c16-11-3-4-12(13(19)8-11)15(20)18-9-14-10(2-1-6-17)5-7-21-14/h3-5,7-8,19H,6,9,17H2,(H,18,20). The van der Waals surface area contributed by atoms with Gasteiger partial charge < -0.3 is 16.2 Å². The molecule has 0 saturated heterocycles. The number of nitrogens with two attached hydrogens (primary N) is 1. The molecule has 1 heterocycles. The Morgan fingerprint density at radius 1 is 1.43 bits per heavy atom. The van der Waals surface area contributed by atoms with Crippen LogP contribution in [-0.2, 0) is 6.54 Å². The van der Waals surface area contributed by atoms with Gasteiger partial charge in [0.2, 0.25) is 0 Å². The highest BCUT2D eigenvalue weighted by atomic mass is 79.9. The Hall–Kier alpha value is -1.81. The van der Waals surface area contributed by atoms with Gasteiger partial charge in [0.15, 0.2) is 0 Å². The molecular weight excluding hydrogens is 352 g/mol. The number of carbonyl (C=O) groups is 1. The highest BCUT2D eigenvalue weighted by Crippen LogP contribution is 2.22. The van der Waals surface area contributed by atoms with E-state index < -0.39 is 0 Å². The van der Waals surface area contributed by atoms with Crippen molar-refractivity contribution in [1.82, 2.24) is 5.32 Å². The van der Waals surface area contributed by atoms with E-state index in [1.165, 1.54) is 17.4 Å². The molecule has 0 radical (unpaired) electrons. The first-order valence-corrected chi connectivity index (χ1v) is 7.81. The van der Waals surface area contributed by atoms with E-state index in [0.717, 1.165) is 10.4 Å². The number of phenols is 1. The molecule has 1 amide bonds. The summed E-state index contributed by atoms with van der Waals surface area (Å²) in [6, 6.07) is 6.65. The monoisotopic (exact) mass is 364 g/mol. The molecular formula is C15H13BrN2O2S. The van der Waals surface area contributed by atoms with E-state index in [9.17, 15) is 9.90 Å². The number of rotatable bonds is 3. The van der Waals surface area contributed by atoms with E-state index in [1.54, 1.807) is 12.1 Å². The van der Waals surface area contributed by atoms with Gasteiger partial charge >= 0.3 is 0 Å². The second-order valence-corrected chi connectivity index (χ2v) is 6.02. The van der Waals surface area contributed by atoms with Crippen LogP contribution in [0.25, 0.3) is 0 Å². The Bertz CT molecular complexity index is 716. The smallest absolute Gasteiger partial charge is 0.255 e. The van der Waals surface area contributed by atoms with E-state index >= 15 is 0 Å². The van der Waals surface area contributed by atoms with Gasteiger partial charge in [-0.3, -0.25) is 4.79 Å². The molecule has 0 bridgehead atoms. The number of halogens is 1. The van der Waals surface area contributed by atoms with Gasteiger partial charge in [-0.1, -0.05) is 27.8 Å². The Labute approximate surface area is 135 Å². The summed E-state index contributed by atoms with van der Waals surface area (Å²) in [6.45, 7) is 0.662. The van der Waals surface area contributed by atoms with Crippen molar-refractivity contribution in [2.45, 2.75) is 6.54 Å². The van der Waals surface area contributed by atoms with Crippen LogP contribution in [0.15, 0.2) is 34.1 Å². The molecule has 6 heteroatoms. The maximum atomic E-state index is 12.1. The van der Waals surface area contributed by atoms with Crippen molar-refractivity contribution in [3.05, 3.63) is 50.1 Å². The van der Waals surface area contributed by atoms with E-state index in [-0.39, 0.29) is 17.2 Å². The third-order valence-electron chi connectivity index (χ3n) is 2.68. The topological polar surface area (TPSA) is 75.3 Å². The minimum atomic E-state index is -0.328. The zero-order valence-electron chi connectivity index (χ0n) is 11.0.